The highest BCUT2D eigenvalue weighted by molar-refractivity contribution is 8.93. The lowest BCUT2D eigenvalue weighted by Crippen LogP contribution is -3.00. The number of phenols is 2. The van der Waals surface area contributed by atoms with Crippen LogP contribution in [0.3, 0.4) is 0 Å². The molecular formula is C23H34Br2N2O2. The molecule has 0 aliphatic carbocycles. The average Bonchev–Trinajstić information content (AvgIpc) is 2.62. The van der Waals surface area contributed by atoms with Crippen molar-refractivity contribution in [1.29, 1.82) is 0 Å². The summed E-state index contributed by atoms with van der Waals surface area (Å²) in [5, 5.41) is 19.3. The molecule has 162 valence electrons. The molecule has 1 saturated heterocycles. The molecule has 2 aromatic carbocycles. The molecule has 1 aliphatic heterocycles. The fraction of sp³-hybridized carbons (Fsp3) is 0.478. The predicted octanol–water partition coefficient (Wildman–Crippen LogP) is 1.18. The molecule has 0 aromatic heterocycles. The lowest BCUT2D eigenvalue weighted by atomic mass is 10.00. The SMILES string of the molecule is Br.NC1CCC[N+](CCCc2cccc(O)c2)(CCCc2cccc(O)c2)C1.[Br-]. The molecule has 2 aromatic rings. The van der Waals surface area contributed by atoms with Crippen molar-refractivity contribution in [1.82, 2.24) is 0 Å². The van der Waals surface area contributed by atoms with Gasteiger partial charge < -0.3 is 37.4 Å². The summed E-state index contributed by atoms with van der Waals surface area (Å²) in [6.45, 7) is 4.57. The number of piperidine rings is 1. The fourth-order valence-corrected chi connectivity index (χ4v) is 4.55. The minimum atomic E-state index is 0. The minimum Gasteiger partial charge on any atom is -1.00 e. The van der Waals surface area contributed by atoms with Gasteiger partial charge in [0.2, 0.25) is 0 Å². The summed E-state index contributed by atoms with van der Waals surface area (Å²) in [5.74, 6) is 0.699. The second-order valence-electron chi connectivity index (χ2n) is 8.14. The fourth-order valence-electron chi connectivity index (χ4n) is 4.55. The largest absolute Gasteiger partial charge is 1.00 e. The molecule has 0 spiro atoms. The number of rotatable bonds is 8. The molecular weight excluding hydrogens is 496 g/mol. The van der Waals surface area contributed by atoms with Crippen molar-refractivity contribution >= 4 is 17.0 Å². The third-order valence-electron chi connectivity index (χ3n) is 5.85. The standard InChI is InChI=1S/C23H32N2O2.2BrH/c24-21-10-5-15-25(18-21,13-3-8-19-6-1-11-22(26)16-19)14-4-9-20-7-2-12-23(27)17-20;;/h1-2,6-7,11-12,16-17,21H,3-5,8-10,13-15,18,24H2,(H-,26,27);2*1H. The van der Waals surface area contributed by atoms with Crippen molar-refractivity contribution in [3.63, 3.8) is 0 Å². The molecule has 1 heterocycles. The van der Waals surface area contributed by atoms with Gasteiger partial charge in [-0.3, -0.25) is 0 Å². The Kier molecular flexibility index (Phi) is 11.3. The summed E-state index contributed by atoms with van der Waals surface area (Å²) < 4.78 is 1.11. The molecule has 4 N–H and O–H groups in total. The highest BCUT2D eigenvalue weighted by atomic mass is 79.9. The molecule has 29 heavy (non-hydrogen) atoms. The van der Waals surface area contributed by atoms with Gasteiger partial charge in [0.15, 0.2) is 0 Å². The van der Waals surface area contributed by atoms with E-state index < -0.39 is 0 Å². The van der Waals surface area contributed by atoms with Crippen molar-refractivity contribution in [3.8, 4) is 11.5 Å². The lowest BCUT2D eigenvalue weighted by molar-refractivity contribution is -0.933. The van der Waals surface area contributed by atoms with Gasteiger partial charge in [-0.05, 0) is 61.1 Å². The molecule has 4 nitrogen and oxygen atoms in total. The summed E-state index contributed by atoms with van der Waals surface area (Å²) in [6.07, 6.45) is 6.57. The molecule has 1 atom stereocenters. The van der Waals surface area contributed by atoms with Gasteiger partial charge in [0.25, 0.3) is 0 Å². The summed E-state index contributed by atoms with van der Waals surface area (Å²) in [4.78, 5) is 0. The zero-order chi connectivity index (χ0) is 19.1. The number of likely N-dealkylation sites (tertiary alicyclic amines) is 1. The Morgan fingerprint density at radius 1 is 0.897 bits per heavy atom. The third kappa shape index (κ3) is 8.28. The van der Waals surface area contributed by atoms with E-state index in [0.717, 1.165) is 56.2 Å². The maximum Gasteiger partial charge on any atom is 0.115 e. The second-order valence-corrected chi connectivity index (χ2v) is 8.14. The lowest BCUT2D eigenvalue weighted by Gasteiger charge is -2.44. The summed E-state index contributed by atoms with van der Waals surface area (Å²) in [7, 11) is 0. The Morgan fingerprint density at radius 3 is 1.86 bits per heavy atom. The van der Waals surface area contributed by atoms with Crippen LogP contribution in [0.25, 0.3) is 0 Å². The van der Waals surface area contributed by atoms with Crippen molar-refractivity contribution in [2.24, 2.45) is 5.73 Å². The number of aryl methyl sites for hydroxylation is 2. The number of quaternary nitrogens is 1. The maximum atomic E-state index is 9.65. The summed E-state index contributed by atoms with van der Waals surface area (Å²) in [6, 6.07) is 15.5. The third-order valence-corrected chi connectivity index (χ3v) is 5.85. The molecule has 1 unspecified atom stereocenters. The number of halogens is 2. The molecule has 3 rings (SSSR count). The van der Waals surface area contributed by atoms with E-state index in [-0.39, 0.29) is 34.0 Å². The van der Waals surface area contributed by atoms with Gasteiger partial charge in [0.05, 0.1) is 32.2 Å². The number of hydrogen-bond acceptors (Lipinski definition) is 3. The predicted molar refractivity (Wildman–Crippen MR) is 120 cm³/mol. The normalized spacial score (nSPS) is 17.8. The molecule has 0 saturated carbocycles. The van der Waals surface area contributed by atoms with Crippen LogP contribution in [0.2, 0.25) is 0 Å². The highest BCUT2D eigenvalue weighted by Gasteiger charge is 2.32. The van der Waals surface area contributed by atoms with Crippen LogP contribution in [0.15, 0.2) is 48.5 Å². The molecule has 0 radical (unpaired) electrons. The van der Waals surface area contributed by atoms with Crippen LogP contribution < -0.4 is 22.7 Å². The highest BCUT2D eigenvalue weighted by Crippen LogP contribution is 2.22. The summed E-state index contributed by atoms with van der Waals surface area (Å²) >= 11 is 0. The van der Waals surface area contributed by atoms with E-state index in [1.165, 1.54) is 24.1 Å². The molecule has 1 fully saturated rings. The number of benzene rings is 2. The quantitative estimate of drug-likeness (QED) is 0.450. The van der Waals surface area contributed by atoms with Gasteiger partial charge in [-0.15, -0.1) is 17.0 Å². The molecule has 6 heteroatoms. The van der Waals surface area contributed by atoms with Crippen LogP contribution in [-0.2, 0) is 12.8 Å². The average molecular weight is 530 g/mol. The van der Waals surface area contributed by atoms with Gasteiger partial charge >= 0.3 is 0 Å². The van der Waals surface area contributed by atoms with Crippen molar-refractivity contribution in [2.45, 2.75) is 44.6 Å². The number of phenolic OH excluding ortho intramolecular Hbond substituents is 2. The van der Waals surface area contributed by atoms with E-state index in [1.807, 2.05) is 24.3 Å². The number of nitrogens with two attached hydrogens (primary N) is 1. The van der Waals surface area contributed by atoms with Crippen LogP contribution in [0.4, 0.5) is 0 Å². The van der Waals surface area contributed by atoms with Crippen molar-refractivity contribution in [3.05, 3.63) is 59.7 Å². The monoisotopic (exact) mass is 528 g/mol. The smallest absolute Gasteiger partial charge is 0.115 e. The van der Waals surface area contributed by atoms with E-state index in [4.69, 9.17) is 5.73 Å². The topological polar surface area (TPSA) is 66.5 Å². The Morgan fingerprint density at radius 2 is 1.41 bits per heavy atom. The second kappa shape index (κ2) is 12.6. The van der Waals surface area contributed by atoms with Crippen LogP contribution in [0.1, 0.15) is 36.8 Å². The van der Waals surface area contributed by atoms with Crippen LogP contribution in [0, 0.1) is 0 Å². The van der Waals surface area contributed by atoms with Gasteiger partial charge in [-0.25, -0.2) is 0 Å². The van der Waals surface area contributed by atoms with Crippen molar-refractivity contribution in [2.75, 3.05) is 26.2 Å². The van der Waals surface area contributed by atoms with Gasteiger partial charge in [-0.2, -0.15) is 0 Å². The molecule has 1 aliphatic rings. The van der Waals surface area contributed by atoms with E-state index >= 15 is 0 Å². The van der Waals surface area contributed by atoms with Gasteiger partial charge in [0.1, 0.15) is 11.5 Å². The zero-order valence-electron chi connectivity index (χ0n) is 17.0. The molecule has 0 bridgehead atoms. The van der Waals surface area contributed by atoms with Gasteiger partial charge in [0, 0.05) is 12.8 Å². The first-order valence-electron chi connectivity index (χ1n) is 10.2. The zero-order valence-corrected chi connectivity index (χ0v) is 20.3. The van der Waals surface area contributed by atoms with Crippen LogP contribution in [-0.4, -0.2) is 46.9 Å². The van der Waals surface area contributed by atoms with Crippen molar-refractivity contribution < 1.29 is 31.7 Å². The Labute approximate surface area is 195 Å². The first kappa shape index (κ1) is 26.0. The minimum absolute atomic E-state index is 0. The number of nitrogens with zero attached hydrogens (tertiary/aromatic N) is 1. The van der Waals surface area contributed by atoms with Crippen LogP contribution >= 0.6 is 17.0 Å². The number of aromatic hydroxyl groups is 2. The van der Waals surface area contributed by atoms with E-state index in [0.29, 0.717) is 17.5 Å². The number of hydrogen-bond donors (Lipinski definition) is 3. The van der Waals surface area contributed by atoms with E-state index in [9.17, 15) is 10.2 Å². The van der Waals surface area contributed by atoms with Crippen LogP contribution in [0.5, 0.6) is 11.5 Å². The Bertz CT molecular complexity index is 691. The first-order chi connectivity index (χ1) is 13.0. The summed E-state index contributed by atoms with van der Waals surface area (Å²) in [5.41, 5.74) is 8.74. The van der Waals surface area contributed by atoms with Gasteiger partial charge in [-0.1, -0.05) is 24.3 Å². The van der Waals surface area contributed by atoms with E-state index in [2.05, 4.69) is 12.1 Å². The van der Waals surface area contributed by atoms with E-state index in [1.54, 1.807) is 12.1 Å². The first-order valence-corrected chi connectivity index (χ1v) is 10.2. The Hall–Kier alpha value is -1.08. The molecule has 0 amide bonds. The maximum absolute atomic E-state index is 9.65. The Balaban J connectivity index is 0.00000210.